The van der Waals surface area contributed by atoms with E-state index in [0.717, 1.165) is 25.7 Å². The molecule has 9 heteroatoms. The molecular formula is C18H21F3N4O2. The van der Waals surface area contributed by atoms with Crippen LogP contribution in [0.1, 0.15) is 32.6 Å². The first-order valence-electron chi connectivity index (χ1n) is 8.45. The number of alkyl halides is 3. The minimum absolute atomic E-state index is 0.0263. The van der Waals surface area contributed by atoms with Crippen molar-refractivity contribution in [2.75, 3.05) is 11.9 Å². The lowest BCUT2D eigenvalue weighted by atomic mass is 9.95. The van der Waals surface area contributed by atoms with Crippen LogP contribution in [-0.4, -0.2) is 35.4 Å². The van der Waals surface area contributed by atoms with E-state index in [2.05, 4.69) is 27.0 Å². The number of carbonyl (C=O) groups excluding carboxylic acids is 1. The fourth-order valence-corrected chi connectivity index (χ4v) is 2.85. The first-order valence-corrected chi connectivity index (χ1v) is 8.45. The highest BCUT2D eigenvalue weighted by Crippen LogP contribution is 2.35. The minimum atomic E-state index is -4.49. The maximum atomic E-state index is 12.5. The Morgan fingerprint density at radius 3 is 2.56 bits per heavy atom. The molecule has 6 nitrogen and oxygen atoms in total. The predicted octanol–water partition coefficient (Wildman–Crippen LogP) is 4.04. The fourth-order valence-electron chi connectivity index (χ4n) is 2.85. The van der Waals surface area contributed by atoms with Gasteiger partial charge >= 0.3 is 6.18 Å². The number of allylic oxidation sites excluding steroid dienone is 2. The van der Waals surface area contributed by atoms with Crippen LogP contribution in [0, 0.1) is 5.92 Å². The molecule has 0 saturated heterocycles. The number of anilines is 1. The Balaban J connectivity index is 2.26. The van der Waals surface area contributed by atoms with Gasteiger partial charge in [-0.2, -0.15) is 13.2 Å². The molecule has 0 radical (unpaired) electrons. The summed E-state index contributed by atoms with van der Waals surface area (Å²) in [5, 5.41) is 2.63. The van der Waals surface area contributed by atoms with Gasteiger partial charge in [0.05, 0.1) is 18.1 Å². The monoisotopic (exact) mass is 382 g/mol. The summed E-state index contributed by atoms with van der Waals surface area (Å²) in [6, 6.07) is 0. The summed E-state index contributed by atoms with van der Waals surface area (Å²) in [4.78, 5) is 23.6. The second kappa shape index (κ2) is 9.29. The summed E-state index contributed by atoms with van der Waals surface area (Å²) in [5.74, 6) is -0.629. The molecule has 0 aromatic carbocycles. The minimum Gasteiger partial charge on any atom is -0.468 e. The van der Waals surface area contributed by atoms with Crippen LogP contribution in [0.15, 0.2) is 46.8 Å². The Kier molecular flexibility index (Phi) is 7.09. The van der Waals surface area contributed by atoms with Gasteiger partial charge in [-0.25, -0.2) is 15.0 Å². The number of rotatable bonds is 7. The van der Waals surface area contributed by atoms with Gasteiger partial charge in [-0.1, -0.05) is 12.8 Å². The van der Waals surface area contributed by atoms with Crippen molar-refractivity contribution in [3.05, 3.63) is 41.8 Å². The number of carbonyl (C=O) groups is 1. The maximum Gasteiger partial charge on any atom is 0.422 e. The number of nitrogens with zero attached hydrogens (tertiary/aromatic N) is 3. The molecule has 0 atom stereocenters. The first-order chi connectivity index (χ1) is 12.8. The third kappa shape index (κ3) is 6.50. The van der Waals surface area contributed by atoms with Crippen LogP contribution >= 0.6 is 0 Å². The highest BCUT2D eigenvalue weighted by Gasteiger charge is 2.30. The number of amides is 1. The molecule has 1 heterocycles. The summed E-state index contributed by atoms with van der Waals surface area (Å²) in [5.41, 5.74) is 1.18. The van der Waals surface area contributed by atoms with Crippen LogP contribution in [0.5, 0.6) is 0 Å². The number of halogens is 3. The molecule has 1 aliphatic rings. The molecule has 1 amide bonds. The average molecular weight is 382 g/mol. The molecule has 2 rings (SSSR count). The van der Waals surface area contributed by atoms with E-state index in [1.165, 1.54) is 24.8 Å². The summed E-state index contributed by atoms with van der Waals surface area (Å²) >= 11 is 0. The molecule has 1 N–H and O–H groups in total. The smallest absolute Gasteiger partial charge is 0.422 e. The van der Waals surface area contributed by atoms with Crippen molar-refractivity contribution in [2.45, 2.75) is 38.8 Å². The van der Waals surface area contributed by atoms with Crippen molar-refractivity contribution >= 4 is 18.3 Å². The van der Waals surface area contributed by atoms with Crippen molar-refractivity contribution in [1.82, 2.24) is 9.97 Å². The van der Waals surface area contributed by atoms with Gasteiger partial charge in [0.2, 0.25) is 5.88 Å². The van der Waals surface area contributed by atoms with E-state index in [1.807, 2.05) is 0 Å². The Morgan fingerprint density at radius 2 is 2.00 bits per heavy atom. The van der Waals surface area contributed by atoms with E-state index in [4.69, 9.17) is 4.74 Å². The first kappa shape index (κ1) is 20.6. The largest absolute Gasteiger partial charge is 0.468 e. The molecule has 1 aliphatic carbocycles. The molecule has 1 aromatic heterocycles. The Bertz CT molecular complexity index is 724. The van der Waals surface area contributed by atoms with Gasteiger partial charge < -0.3 is 10.1 Å². The standard InChI is InChI=1S/C18H21F3N4O2/c1-12(16(26)25-14-8-23-11-24-9-14)7-15(13-5-3-4-6-13)17(22-2)27-10-18(19,20)21/h7-9,11,13H,2-6,10H2,1H3,(H,25,26). The zero-order valence-corrected chi connectivity index (χ0v) is 14.9. The highest BCUT2D eigenvalue weighted by atomic mass is 19.4. The second-order valence-corrected chi connectivity index (χ2v) is 6.21. The molecule has 0 aliphatic heterocycles. The van der Waals surface area contributed by atoms with Gasteiger partial charge in [0.25, 0.3) is 5.91 Å². The van der Waals surface area contributed by atoms with Gasteiger partial charge in [0, 0.05) is 11.1 Å². The Labute approximate surface area is 155 Å². The zero-order valence-electron chi connectivity index (χ0n) is 14.9. The molecule has 1 fully saturated rings. The number of nitrogens with one attached hydrogen (secondary N) is 1. The van der Waals surface area contributed by atoms with Crippen molar-refractivity contribution in [2.24, 2.45) is 10.9 Å². The van der Waals surface area contributed by atoms with Crippen molar-refractivity contribution in [3.8, 4) is 0 Å². The van der Waals surface area contributed by atoms with Gasteiger partial charge in [0.1, 0.15) is 6.33 Å². The molecule has 0 spiro atoms. The highest BCUT2D eigenvalue weighted by molar-refractivity contribution is 6.03. The molecule has 0 bridgehead atoms. The molecule has 0 unspecified atom stereocenters. The van der Waals surface area contributed by atoms with E-state index < -0.39 is 18.7 Å². The Morgan fingerprint density at radius 1 is 1.37 bits per heavy atom. The van der Waals surface area contributed by atoms with Crippen LogP contribution in [0.2, 0.25) is 0 Å². The van der Waals surface area contributed by atoms with Crippen molar-refractivity contribution < 1.29 is 22.7 Å². The predicted molar refractivity (Wildman–Crippen MR) is 95.0 cm³/mol. The number of ether oxygens (including phenoxy) is 1. The molecule has 1 saturated carbocycles. The summed E-state index contributed by atoms with van der Waals surface area (Å²) in [6.07, 6.45) is 4.75. The number of aliphatic imine (C=N–C) groups is 1. The Hall–Kier alpha value is -2.71. The van der Waals surface area contributed by atoms with Crippen molar-refractivity contribution in [3.63, 3.8) is 0 Å². The number of hydrogen-bond donors (Lipinski definition) is 1. The zero-order chi connectivity index (χ0) is 19.9. The molecule has 27 heavy (non-hydrogen) atoms. The van der Waals surface area contributed by atoms with Gasteiger partial charge in [-0.3, -0.25) is 4.79 Å². The normalized spacial score (nSPS) is 16.7. The summed E-state index contributed by atoms with van der Waals surface area (Å²) in [6.45, 7) is 3.44. The van der Waals surface area contributed by atoms with E-state index >= 15 is 0 Å². The van der Waals surface area contributed by atoms with Crippen LogP contribution < -0.4 is 5.32 Å². The molecule has 146 valence electrons. The summed E-state index contributed by atoms with van der Waals surface area (Å²) in [7, 11) is 0. The van der Waals surface area contributed by atoms with E-state index in [1.54, 1.807) is 6.92 Å². The topological polar surface area (TPSA) is 76.5 Å². The quantitative estimate of drug-likeness (QED) is 0.334. The second-order valence-electron chi connectivity index (χ2n) is 6.21. The number of aromatic nitrogens is 2. The summed E-state index contributed by atoms with van der Waals surface area (Å²) < 4.78 is 42.4. The fraction of sp³-hybridized carbons (Fsp3) is 0.444. The van der Waals surface area contributed by atoms with Crippen LogP contribution in [0.25, 0.3) is 0 Å². The van der Waals surface area contributed by atoms with E-state index in [-0.39, 0.29) is 11.8 Å². The third-order valence-corrected chi connectivity index (χ3v) is 4.11. The lowest BCUT2D eigenvalue weighted by Crippen LogP contribution is -2.18. The lowest BCUT2D eigenvalue weighted by molar-refractivity contribution is -0.165. The number of hydrogen-bond acceptors (Lipinski definition) is 5. The van der Waals surface area contributed by atoms with Crippen molar-refractivity contribution in [1.29, 1.82) is 0 Å². The van der Waals surface area contributed by atoms with Crippen LogP contribution in [-0.2, 0) is 9.53 Å². The van der Waals surface area contributed by atoms with Crippen LogP contribution in [0.3, 0.4) is 0 Å². The maximum absolute atomic E-state index is 12.5. The van der Waals surface area contributed by atoms with Gasteiger partial charge in [-0.05, 0) is 38.5 Å². The van der Waals surface area contributed by atoms with E-state index in [9.17, 15) is 18.0 Å². The van der Waals surface area contributed by atoms with Crippen LogP contribution in [0.4, 0.5) is 18.9 Å². The third-order valence-electron chi connectivity index (χ3n) is 4.11. The molecule has 1 aromatic rings. The van der Waals surface area contributed by atoms with Gasteiger partial charge in [0.15, 0.2) is 6.61 Å². The SMILES string of the molecule is C=NC(OCC(F)(F)F)=C(C=C(C)C(=O)Nc1cncnc1)C1CCCC1. The molecular weight excluding hydrogens is 361 g/mol. The average Bonchev–Trinajstić information content (AvgIpc) is 3.15. The van der Waals surface area contributed by atoms with Gasteiger partial charge in [-0.15, -0.1) is 0 Å². The lowest BCUT2D eigenvalue weighted by Gasteiger charge is -2.17. The van der Waals surface area contributed by atoms with E-state index in [0.29, 0.717) is 16.8 Å².